The van der Waals surface area contributed by atoms with Gasteiger partial charge in [0.25, 0.3) is 5.91 Å². The number of anilines is 2. The lowest BCUT2D eigenvalue weighted by atomic mass is 10.1. The van der Waals surface area contributed by atoms with Crippen LogP contribution in [0.4, 0.5) is 20.2 Å². The number of carbonyl (C=O) groups is 1. The Morgan fingerprint density at radius 2 is 2.10 bits per heavy atom. The quantitative estimate of drug-likeness (QED) is 0.509. The lowest BCUT2D eigenvalue weighted by molar-refractivity contribution is -0.158. The van der Waals surface area contributed by atoms with Crippen molar-refractivity contribution in [2.24, 2.45) is 0 Å². The summed E-state index contributed by atoms with van der Waals surface area (Å²) in [6.07, 6.45) is -4.19. The minimum atomic E-state index is -3.31. The third-order valence-corrected chi connectivity index (χ3v) is 4.30. The molecule has 1 aliphatic rings. The van der Waals surface area contributed by atoms with Gasteiger partial charge in [-0.15, -0.1) is 0 Å². The Bertz CT molecular complexity index is 1060. The summed E-state index contributed by atoms with van der Waals surface area (Å²) in [5, 5.41) is 15.8. The van der Waals surface area contributed by atoms with Crippen molar-refractivity contribution >= 4 is 17.3 Å². The highest BCUT2D eigenvalue weighted by molar-refractivity contribution is 5.96. The van der Waals surface area contributed by atoms with Crippen molar-refractivity contribution in [2.75, 3.05) is 31.3 Å². The molecule has 9 heteroatoms. The number of phenols is 1. The Labute approximate surface area is 179 Å². The van der Waals surface area contributed by atoms with Gasteiger partial charge in [0.15, 0.2) is 6.10 Å². The van der Waals surface area contributed by atoms with Crippen LogP contribution in [0.5, 0.6) is 17.2 Å². The summed E-state index contributed by atoms with van der Waals surface area (Å²) in [7, 11) is 3.57. The maximum absolute atomic E-state index is 13.0. The number of amides is 1. The Kier molecular flexibility index (Phi) is 6.11. The number of ether oxygens (including phenoxy) is 2. The van der Waals surface area contributed by atoms with Gasteiger partial charge in [-0.25, -0.2) is 0 Å². The van der Waals surface area contributed by atoms with Crippen LogP contribution in [-0.2, 0) is 4.79 Å². The summed E-state index contributed by atoms with van der Waals surface area (Å²) < 4.78 is 36.4. The van der Waals surface area contributed by atoms with Crippen molar-refractivity contribution in [3.8, 4) is 29.2 Å². The maximum atomic E-state index is 13.0. The number of phenolic OH excluding ortho intramolecular Hbond substituents is 1. The number of benzene rings is 2. The number of rotatable bonds is 4. The predicted molar refractivity (Wildman–Crippen MR) is 113 cm³/mol. The molecule has 3 N–H and O–H groups in total. The zero-order valence-corrected chi connectivity index (χ0v) is 17.5. The van der Waals surface area contributed by atoms with E-state index in [-0.39, 0.29) is 18.0 Å². The Morgan fingerprint density at radius 3 is 2.77 bits per heavy atom. The van der Waals surface area contributed by atoms with E-state index in [1.165, 1.54) is 24.3 Å². The van der Waals surface area contributed by atoms with Crippen LogP contribution in [0.3, 0.4) is 0 Å². The number of alkyl halides is 2. The highest BCUT2D eigenvalue weighted by Crippen LogP contribution is 2.35. The fourth-order valence-corrected chi connectivity index (χ4v) is 2.85. The van der Waals surface area contributed by atoms with E-state index in [2.05, 4.69) is 27.3 Å². The van der Waals surface area contributed by atoms with Gasteiger partial charge >= 0.3 is 6.11 Å². The molecule has 0 fully saturated rings. The molecule has 1 amide bonds. The molecule has 0 saturated heterocycles. The van der Waals surface area contributed by atoms with Crippen molar-refractivity contribution in [1.82, 2.24) is 4.90 Å². The number of hydrogen-bond donors (Lipinski definition) is 3. The molecule has 0 saturated carbocycles. The average Bonchev–Trinajstić information content (AvgIpc) is 2.67. The molecule has 0 aliphatic carbocycles. The standard InChI is InChI=1S/C22H23F2N3O4/c1-13-9-14(7-8-27(3)4)16(11-18(13)28)26-21(29)20-12-25-17-10-15(31-22(2,23)24)5-6-19(17)30-20/h5-6,9-11,20,25,28H,12H2,1-4H3,(H,26,29). The summed E-state index contributed by atoms with van der Waals surface area (Å²) >= 11 is 0. The first kappa shape index (κ1) is 22.0. The van der Waals surface area contributed by atoms with Gasteiger partial charge < -0.3 is 30.1 Å². The third kappa shape index (κ3) is 5.69. The molecule has 31 heavy (non-hydrogen) atoms. The van der Waals surface area contributed by atoms with Crippen LogP contribution in [0, 0.1) is 18.9 Å². The zero-order chi connectivity index (χ0) is 22.8. The van der Waals surface area contributed by atoms with Crippen LogP contribution in [-0.4, -0.2) is 48.8 Å². The van der Waals surface area contributed by atoms with Crippen LogP contribution >= 0.6 is 0 Å². The monoisotopic (exact) mass is 431 g/mol. The summed E-state index contributed by atoms with van der Waals surface area (Å²) in [5.41, 5.74) is 1.96. The van der Waals surface area contributed by atoms with E-state index in [9.17, 15) is 18.7 Å². The van der Waals surface area contributed by atoms with Gasteiger partial charge in [0.1, 0.15) is 17.2 Å². The van der Waals surface area contributed by atoms with Crippen LogP contribution < -0.4 is 20.1 Å². The molecule has 0 spiro atoms. The molecular formula is C22H23F2N3O4. The molecule has 164 valence electrons. The topological polar surface area (TPSA) is 83.1 Å². The Morgan fingerprint density at radius 1 is 1.35 bits per heavy atom. The van der Waals surface area contributed by atoms with E-state index in [0.29, 0.717) is 35.2 Å². The fourth-order valence-electron chi connectivity index (χ4n) is 2.85. The van der Waals surface area contributed by atoms with Crippen molar-refractivity contribution in [2.45, 2.75) is 26.1 Å². The van der Waals surface area contributed by atoms with E-state index in [0.717, 1.165) is 0 Å². The highest BCUT2D eigenvalue weighted by Gasteiger charge is 2.28. The number of nitrogens with one attached hydrogen (secondary N) is 2. The smallest absolute Gasteiger partial charge is 0.394 e. The molecule has 0 bridgehead atoms. The Hall–Kier alpha value is -3.67. The predicted octanol–water partition coefficient (Wildman–Crippen LogP) is 3.37. The number of fused-ring (bicyclic) bond motifs is 1. The number of nitrogens with zero attached hydrogens (tertiary/aromatic N) is 1. The van der Waals surface area contributed by atoms with Gasteiger partial charge in [-0.2, -0.15) is 8.78 Å². The maximum Gasteiger partial charge on any atom is 0.394 e. The molecule has 0 aromatic heterocycles. The first-order valence-corrected chi connectivity index (χ1v) is 9.47. The second-order valence-electron chi connectivity index (χ2n) is 7.36. The summed E-state index contributed by atoms with van der Waals surface area (Å²) in [6, 6.07) is 10.2. The first-order chi connectivity index (χ1) is 14.5. The van der Waals surface area contributed by atoms with Crippen molar-refractivity contribution in [3.63, 3.8) is 0 Å². The highest BCUT2D eigenvalue weighted by atomic mass is 19.3. The van der Waals surface area contributed by atoms with E-state index in [1.807, 2.05) is 0 Å². The van der Waals surface area contributed by atoms with Crippen LogP contribution in [0.1, 0.15) is 18.1 Å². The molecule has 2 aromatic carbocycles. The van der Waals surface area contributed by atoms with Gasteiger partial charge in [0, 0.05) is 39.2 Å². The second kappa shape index (κ2) is 8.60. The first-order valence-electron chi connectivity index (χ1n) is 9.47. The van der Waals surface area contributed by atoms with Gasteiger partial charge in [-0.1, -0.05) is 0 Å². The lowest BCUT2D eigenvalue weighted by Crippen LogP contribution is -2.41. The van der Waals surface area contributed by atoms with Crippen molar-refractivity contribution < 1.29 is 28.2 Å². The number of halogens is 2. The molecular weight excluding hydrogens is 408 g/mol. The largest absolute Gasteiger partial charge is 0.508 e. The van der Waals surface area contributed by atoms with E-state index < -0.39 is 18.1 Å². The van der Waals surface area contributed by atoms with Crippen molar-refractivity contribution in [3.05, 3.63) is 41.5 Å². The molecule has 1 aliphatic heterocycles. The van der Waals surface area contributed by atoms with Gasteiger partial charge in [-0.05, 0) is 36.6 Å². The lowest BCUT2D eigenvalue weighted by Gasteiger charge is -2.27. The summed E-state index contributed by atoms with van der Waals surface area (Å²) in [4.78, 5) is 14.5. The normalized spacial score (nSPS) is 14.8. The molecule has 3 rings (SSSR count). The molecule has 1 atom stereocenters. The SMILES string of the molecule is Cc1cc(C#CN(C)C)c(NC(=O)C2CNc3cc(OC(C)(F)F)ccc3O2)cc1O. The van der Waals surface area contributed by atoms with E-state index in [4.69, 9.17) is 4.74 Å². The summed E-state index contributed by atoms with van der Waals surface area (Å²) in [6.45, 7) is 2.50. The zero-order valence-electron chi connectivity index (χ0n) is 17.5. The minimum absolute atomic E-state index is 0.0236. The Balaban J connectivity index is 1.76. The molecule has 1 heterocycles. The minimum Gasteiger partial charge on any atom is -0.508 e. The molecule has 1 unspecified atom stereocenters. The van der Waals surface area contributed by atoms with Crippen LogP contribution in [0.15, 0.2) is 30.3 Å². The fraction of sp³-hybridized carbons (Fsp3) is 0.318. The van der Waals surface area contributed by atoms with Crippen LogP contribution in [0.25, 0.3) is 0 Å². The number of hydrogen-bond acceptors (Lipinski definition) is 6. The molecule has 7 nitrogen and oxygen atoms in total. The van der Waals surface area contributed by atoms with E-state index in [1.54, 1.807) is 32.0 Å². The number of aryl methyl sites for hydroxylation is 1. The van der Waals surface area contributed by atoms with Crippen molar-refractivity contribution in [1.29, 1.82) is 0 Å². The summed E-state index contributed by atoms with van der Waals surface area (Å²) in [5.74, 6) is 2.83. The molecule has 2 aromatic rings. The molecule has 0 radical (unpaired) electrons. The second-order valence-corrected chi connectivity index (χ2v) is 7.36. The third-order valence-electron chi connectivity index (χ3n) is 4.30. The van der Waals surface area contributed by atoms with Gasteiger partial charge in [0.2, 0.25) is 0 Å². The van der Waals surface area contributed by atoms with Gasteiger partial charge in [0.05, 0.1) is 23.5 Å². The van der Waals surface area contributed by atoms with E-state index >= 15 is 0 Å². The van der Waals surface area contributed by atoms with Gasteiger partial charge in [-0.3, -0.25) is 4.79 Å². The number of aromatic hydroxyl groups is 1. The van der Waals surface area contributed by atoms with Crippen LogP contribution in [0.2, 0.25) is 0 Å². The number of carbonyl (C=O) groups excluding carboxylic acids is 1. The average molecular weight is 431 g/mol.